The first-order valence-electron chi connectivity index (χ1n) is 10.1. The Bertz CT molecular complexity index is 1190. The largest absolute Gasteiger partial charge is 0.505 e. The van der Waals surface area contributed by atoms with Crippen molar-refractivity contribution in [1.82, 2.24) is 9.97 Å². The molecule has 4 rings (SSSR count). The summed E-state index contributed by atoms with van der Waals surface area (Å²) in [6, 6.07) is 21.3. The highest BCUT2D eigenvalue weighted by atomic mass is 16.5. The average Bonchev–Trinajstić information content (AvgIpc) is 2.74. The number of aromatic hydroxyl groups is 1. The van der Waals surface area contributed by atoms with Crippen LogP contribution in [0.25, 0.3) is 10.9 Å². The number of fused-ring (bicyclic) bond motifs is 1. The lowest BCUT2D eigenvalue weighted by atomic mass is 9.96. The molecule has 2 N–H and O–H groups in total. The van der Waals surface area contributed by atoms with Gasteiger partial charge < -0.3 is 15.2 Å². The van der Waals surface area contributed by atoms with Crippen LogP contribution in [0.5, 0.6) is 11.5 Å². The second kappa shape index (κ2) is 8.41. The molecule has 0 amide bonds. The van der Waals surface area contributed by atoms with Crippen molar-refractivity contribution in [1.29, 1.82) is 0 Å². The third-order valence-electron chi connectivity index (χ3n) is 5.00. The molecule has 0 aliphatic carbocycles. The number of benzene rings is 2. The Labute approximate surface area is 176 Å². The first kappa shape index (κ1) is 19.7. The normalized spacial score (nSPS) is 12.0. The molecule has 2 aromatic heterocycles. The molecule has 0 radical (unpaired) electrons. The molecule has 0 aliphatic heterocycles. The highest BCUT2D eigenvalue weighted by molar-refractivity contribution is 5.86. The molecule has 0 fully saturated rings. The minimum Gasteiger partial charge on any atom is -0.505 e. The summed E-state index contributed by atoms with van der Waals surface area (Å²) in [7, 11) is 0. The third-order valence-corrected chi connectivity index (χ3v) is 5.00. The van der Waals surface area contributed by atoms with Crippen molar-refractivity contribution in [3.8, 4) is 11.5 Å². The summed E-state index contributed by atoms with van der Waals surface area (Å²) in [5.74, 6) is 1.69. The third kappa shape index (κ3) is 4.06. The summed E-state index contributed by atoms with van der Waals surface area (Å²) >= 11 is 0. The lowest BCUT2D eigenvalue weighted by molar-refractivity contribution is 0.340. The minimum atomic E-state index is -0.327. The molecule has 152 valence electrons. The van der Waals surface area contributed by atoms with Gasteiger partial charge in [0.15, 0.2) is 0 Å². The number of ether oxygens (including phenoxy) is 1. The Morgan fingerprint density at radius 1 is 0.933 bits per heavy atom. The fraction of sp³-hybridized carbons (Fsp3) is 0.200. The van der Waals surface area contributed by atoms with E-state index >= 15 is 0 Å². The van der Waals surface area contributed by atoms with Gasteiger partial charge in [-0.15, -0.1) is 0 Å². The number of hydrogen-bond acceptors (Lipinski definition) is 5. The maximum Gasteiger partial charge on any atom is 0.147 e. The molecule has 4 aromatic rings. The van der Waals surface area contributed by atoms with Crippen LogP contribution in [0.2, 0.25) is 0 Å². The van der Waals surface area contributed by atoms with Crippen molar-refractivity contribution < 1.29 is 9.84 Å². The van der Waals surface area contributed by atoms with Gasteiger partial charge in [0.25, 0.3) is 0 Å². The predicted octanol–water partition coefficient (Wildman–Crippen LogP) is 5.55. The number of hydrogen-bond donors (Lipinski definition) is 2. The van der Waals surface area contributed by atoms with Gasteiger partial charge in [0.2, 0.25) is 0 Å². The van der Waals surface area contributed by atoms with Crippen LogP contribution in [0.4, 0.5) is 5.82 Å². The summed E-state index contributed by atoms with van der Waals surface area (Å²) in [4.78, 5) is 9.15. The molecule has 0 spiro atoms. The van der Waals surface area contributed by atoms with E-state index in [0.29, 0.717) is 12.1 Å². The van der Waals surface area contributed by atoms with Crippen molar-refractivity contribution >= 4 is 16.7 Å². The Morgan fingerprint density at radius 3 is 2.50 bits per heavy atom. The van der Waals surface area contributed by atoms with Gasteiger partial charge in [-0.3, -0.25) is 0 Å². The number of nitrogens with one attached hydrogen (secondary N) is 1. The lowest BCUT2D eigenvalue weighted by Crippen LogP contribution is -2.14. The van der Waals surface area contributed by atoms with E-state index in [1.54, 1.807) is 0 Å². The second-order valence-corrected chi connectivity index (χ2v) is 7.27. The van der Waals surface area contributed by atoms with Gasteiger partial charge in [-0.25, -0.2) is 9.97 Å². The highest BCUT2D eigenvalue weighted by Gasteiger charge is 2.21. The zero-order valence-electron chi connectivity index (χ0n) is 17.4. The van der Waals surface area contributed by atoms with Crippen LogP contribution in [-0.2, 0) is 0 Å². The van der Waals surface area contributed by atoms with Gasteiger partial charge in [0, 0.05) is 22.3 Å². The average molecular weight is 399 g/mol. The maximum absolute atomic E-state index is 11.2. The fourth-order valence-corrected chi connectivity index (χ4v) is 3.58. The minimum absolute atomic E-state index is 0.170. The van der Waals surface area contributed by atoms with Crippen molar-refractivity contribution in [3.05, 3.63) is 89.2 Å². The van der Waals surface area contributed by atoms with Crippen molar-refractivity contribution in [2.24, 2.45) is 0 Å². The molecule has 5 nitrogen and oxygen atoms in total. The number of nitrogens with zero attached hydrogens (tertiary/aromatic N) is 2. The number of phenolic OH excluding ortho intramolecular Hbond substituents is 1. The monoisotopic (exact) mass is 399 g/mol. The first-order chi connectivity index (χ1) is 14.5. The number of aryl methyl sites for hydroxylation is 2. The summed E-state index contributed by atoms with van der Waals surface area (Å²) in [6.07, 6.45) is 0. The van der Waals surface area contributed by atoms with Crippen LogP contribution >= 0.6 is 0 Å². The summed E-state index contributed by atoms with van der Waals surface area (Å²) < 4.78 is 5.70. The fourth-order valence-electron chi connectivity index (χ4n) is 3.58. The Morgan fingerprint density at radius 2 is 1.70 bits per heavy atom. The van der Waals surface area contributed by atoms with Gasteiger partial charge in [0.05, 0.1) is 12.6 Å². The quantitative estimate of drug-likeness (QED) is 0.445. The smallest absolute Gasteiger partial charge is 0.147 e. The Hall–Kier alpha value is -3.60. The number of phenols is 1. The van der Waals surface area contributed by atoms with Crippen molar-refractivity contribution in [2.45, 2.75) is 26.8 Å². The zero-order chi connectivity index (χ0) is 21.1. The van der Waals surface area contributed by atoms with E-state index in [1.807, 2.05) is 87.5 Å². The van der Waals surface area contributed by atoms with Crippen LogP contribution in [0.3, 0.4) is 0 Å². The van der Waals surface area contributed by atoms with Crippen molar-refractivity contribution in [3.63, 3.8) is 0 Å². The van der Waals surface area contributed by atoms with Crippen LogP contribution < -0.4 is 10.1 Å². The summed E-state index contributed by atoms with van der Waals surface area (Å²) in [5, 5.41) is 15.5. The summed E-state index contributed by atoms with van der Waals surface area (Å²) in [5.41, 5.74) is 4.07. The molecule has 1 atom stereocenters. The number of rotatable bonds is 6. The molecule has 0 bridgehead atoms. The zero-order valence-corrected chi connectivity index (χ0v) is 17.4. The van der Waals surface area contributed by atoms with Crippen LogP contribution in [-0.4, -0.2) is 21.7 Å². The van der Waals surface area contributed by atoms with E-state index in [2.05, 4.69) is 15.3 Å². The molecule has 0 saturated heterocycles. The van der Waals surface area contributed by atoms with E-state index in [0.717, 1.165) is 39.5 Å². The number of anilines is 1. The van der Waals surface area contributed by atoms with E-state index in [4.69, 9.17) is 4.74 Å². The first-order valence-corrected chi connectivity index (χ1v) is 10.1. The number of aromatic nitrogens is 2. The molecule has 5 heteroatoms. The molecule has 0 saturated carbocycles. The molecule has 30 heavy (non-hydrogen) atoms. The highest BCUT2D eigenvalue weighted by Crippen LogP contribution is 2.37. The topological polar surface area (TPSA) is 67.3 Å². The van der Waals surface area contributed by atoms with Gasteiger partial charge >= 0.3 is 0 Å². The van der Waals surface area contributed by atoms with Crippen LogP contribution in [0.1, 0.15) is 35.5 Å². The predicted molar refractivity (Wildman–Crippen MR) is 120 cm³/mol. The molecule has 0 aliphatic rings. The van der Waals surface area contributed by atoms with E-state index in [9.17, 15) is 5.11 Å². The number of pyridine rings is 2. The maximum atomic E-state index is 11.2. The van der Waals surface area contributed by atoms with E-state index < -0.39 is 0 Å². The Kier molecular flexibility index (Phi) is 5.53. The van der Waals surface area contributed by atoms with Crippen molar-refractivity contribution in [2.75, 3.05) is 11.9 Å². The summed E-state index contributed by atoms with van der Waals surface area (Å²) in [6.45, 7) is 6.42. The second-order valence-electron chi connectivity index (χ2n) is 7.27. The van der Waals surface area contributed by atoms with Gasteiger partial charge in [-0.05, 0) is 56.7 Å². The molecular weight excluding hydrogens is 374 g/mol. The molecule has 0 unspecified atom stereocenters. The molecular formula is C25H25N3O2. The molecule has 2 heterocycles. The van der Waals surface area contributed by atoms with Crippen LogP contribution in [0.15, 0.2) is 66.7 Å². The molecule has 2 aromatic carbocycles. The van der Waals surface area contributed by atoms with Crippen LogP contribution in [0, 0.1) is 13.8 Å². The van der Waals surface area contributed by atoms with Gasteiger partial charge in [-0.1, -0.05) is 36.4 Å². The lowest BCUT2D eigenvalue weighted by Gasteiger charge is -2.23. The van der Waals surface area contributed by atoms with E-state index in [1.165, 1.54) is 0 Å². The van der Waals surface area contributed by atoms with Gasteiger partial charge in [-0.2, -0.15) is 0 Å². The van der Waals surface area contributed by atoms with Gasteiger partial charge in [0.1, 0.15) is 22.8 Å². The SMILES string of the molecule is CCOc1cccc([C@@H](Nc2cccc(C)n2)c2ccc3ccc(C)nc3c2O)c1. The Balaban J connectivity index is 1.85. The van der Waals surface area contributed by atoms with E-state index in [-0.39, 0.29) is 11.8 Å². The standard InChI is InChI=1S/C25H25N3O2/c1-4-30-20-9-6-8-19(15-20)23(28-22-10-5-7-16(2)26-22)21-14-13-18-12-11-17(3)27-24(18)25(21)29/h5-15,23,29H,4H2,1-3H3,(H,26,28)/t23-/m1/s1.